The Morgan fingerprint density at radius 1 is 1.42 bits per heavy atom. The van der Waals surface area contributed by atoms with Gasteiger partial charge in [-0.3, -0.25) is 0 Å². The van der Waals surface area contributed by atoms with Crippen LogP contribution in [0.1, 0.15) is 19.3 Å². The lowest BCUT2D eigenvalue weighted by atomic mass is 9.89. The van der Waals surface area contributed by atoms with Gasteiger partial charge in [-0.05, 0) is 6.42 Å². The number of morpholine rings is 1. The Kier molecular flexibility index (Phi) is 2.04. The van der Waals surface area contributed by atoms with Crippen molar-refractivity contribution in [3.8, 4) is 0 Å². The zero-order chi connectivity index (χ0) is 8.60. The third kappa shape index (κ3) is 1.59. The van der Waals surface area contributed by atoms with Gasteiger partial charge in [-0.25, -0.2) is 8.78 Å². The van der Waals surface area contributed by atoms with Crippen LogP contribution in [0.25, 0.3) is 0 Å². The number of hydrogen-bond donors (Lipinski definition) is 1. The molecule has 2 atom stereocenters. The molecule has 0 aromatic heterocycles. The number of ether oxygens (including phenoxy) is 1. The Balaban J connectivity index is 1.99. The molecule has 0 aromatic rings. The number of fused-ring (bicyclic) bond motifs is 1. The molecule has 1 N–H and O–H groups in total. The molecule has 1 aliphatic carbocycles. The van der Waals surface area contributed by atoms with E-state index in [0.717, 1.165) is 6.54 Å². The van der Waals surface area contributed by atoms with Gasteiger partial charge in [0.25, 0.3) is 5.92 Å². The molecule has 0 radical (unpaired) electrons. The second-order valence-electron chi connectivity index (χ2n) is 3.57. The zero-order valence-electron chi connectivity index (χ0n) is 6.85. The van der Waals surface area contributed by atoms with Crippen LogP contribution in [-0.2, 0) is 4.74 Å². The van der Waals surface area contributed by atoms with Gasteiger partial charge in [0.05, 0.1) is 12.7 Å². The fourth-order valence-electron chi connectivity index (χ4n) is 1.95. The molecule has 12 heavy (non-hydrogen) atoms. The fourth-order valence-corrected chi connectivity index (χ4v) is 1.95. The minimum atomic E-state index is -2.50. The molecule has 0 bridgehead atoms. The second kappa shape index (κ2) is 2.92. The third-order valence-corrected chi connectivity index (χ3v) is 2.61. The van der Waals surface area contributed by atoms with E-state index in [9.17, 15) is 8.78 Å². The van der Waals surface area contributed by atoms with Crippen molar-refractivity contribution in [2.45, 2.75) is 37.3 Å². The quantitative estimate of drug-likeness (QED) is 0.599. The lowest BCUT2D eigenvalue weighted by Gasteiger charge is -2.39. The molecule has 1 saturated heterocycles. The topological polar surface area (TPSA) is 21.3 Å². The van der Waals surface area contributed by atoms with Crippen molar-refractivity contribution in [1.82, 2.24) is 5.32 Å². The summed E-state index contributed by atoms with van der Waals surface area (Å²) in [6.45, 7) is 1.37. The molecule has 0 unspecified atom stereocenters. The van der Waals surface area contributed by atoms with Gasteiger partial charge in [-0.2, -0.15) is 0 Å². The van der Waals surface area contributed by atoms with Crippen molar-refractivity contribution >= 4 is 0 Å². The molecular formula is C8H13F2NO. The van der Waals surface area contributed by atoms with Crippen LogP contribution in [0.5, 0.6) is 0 Å². The maximum absolute atomic E-state index is 12.9. The predicted octanol–water partition coefficient (Wildman–Crippen LogP) is 1.16. The minimum Gasteiger partial charge on any atom is -0.375 e. The molecule has 2 nitrogen and oxygen atoms in total. The molecular weight excluding hydrogens is 164 g/mol. The molecule has 4 heteroatoms. The summed E-state index contributed by atoms with van der Waals surface area (Å²) in [7, 11) is 0. The van der Waals surface area contributed by atoms with Crippen LogP contribution in [-0.4, -0.2) is 31.2 Å². The van der Waals surface area contributed by atoms with Gasteiger partial charge in [0.1, 0.15) is 0 Å². The Hall–Kier alpha value is -0.220. The summed E-state index contributed by atoms with van der Waals surface area (Å²) in [6, 6.07) is 0.165. The van der Waals surface area contributed by atoms with E-state index in [2.05, 4.69) is 5.32 Å². The van der Waals surface area contributed by atoms with Gasteiger partial charge in [0, 0.05) is 25.4 Å². The molecule has 1 saturated carbocycles. The Morgan fingerprint density at radius 2 is 2.25 bits per heavy atom. The van der Waals surface area contributed by atoms with Crippen molar-refractivity contribution < 1.29 is 13.5 Å². The highest BCUT2D eigenvalue weighted by atomic mass is 19.3. The monoisotopic (exact) mass is 177 g/mol. The van der Waals surface area contributed by atoms with Crippen molar-refractivity contribution in [2.75, 3.05) is 13.2 Å². The average molecular weight is 177 g/mol. The maximum Gasteiger partial charge on any atom is 0.250 e. The molecule has 0 aromatic carbocycles. The Labute approximate surface area is 70.3 Å². The van der Waals surface area contributed by atoms with Gasteiger partial charge < -0.3 is 10.1 Å². The van der Waals surface area contributed by atoms with Gasteiger partial charge in [0.2, 0.25) is 0 Å². The number of nitrogens with one attached hydrogen (secondary N) is 1. The predicted molar refractivity (Wildman–Crippen MR) is 40.3 cm³/mol. The summed E-state index contributed by atoms with van der Waals surface area (Å²) in [6.07, 6.45) is 0.176. The van der Waals surface area contributed by atoms with E-state index < -0.39 is 5.92 Å². The summed E-state index contributed by atoms with van der Waals surface area (Å²) in [4.78, 5) is 0. The highest BCUT2D eigenvalue weighted by Gasteiger charge is 2.42. The Morgan fingerprint density at radius 3 is 3.08 bits per heavy atom. The van der Waals surface area contributed by atoms with E-state index in [0.29, 0.717) is 13.0 Å². The minimum absolute atomic E-state index is 0.00449. The van der Waals surface area contributed by atoms with Crippen LogP contribution < -0.4 is 5.32 Å². The normalized spacial score (nSPS) is 40.5. The van der Waals surface area contributed by atoms with Crippen LogP contribution in [0.2, 0.25) is 0 Å². The van der Waals surface area contributed by atoms with Crippen molar-refractivity contribution in [3.63, 3.8) is 0 Å². The molecule has 1 aliphatic heterocycles. The van der Waals surface area contributed by atoms with Gasteiger partial charge in [0.15, 0.2) is 0 Å². The van der Waals surface area contributed by atoms with E-state index in [4.69, 9.17) is 4.74 Å². The van der Waals surface area contributed by atoms with E-state index in [1.54, 1.807) is 0 Å². The zero-order valence-corrected chi connectivity index (χ0v) is 6.85. The molecule has 2 rings (SSSR count). The van der Waals surface area contributed by atoms with Crippen molar-refractivity contribution in [2.24, 2.45) is 0 Å². The number of hydrogen-bond acceptors (Lipinski definition) is 2. The smallest absolute Gasteiger partial charge is 0.250 e. The molecule has 0 spiro atoms. The molecule has 2 aliphatic rings. The van der Waals surface area contributed by atoms with Crippen LogP contribution in [0.3, 0.4) is 0 Å². The summed E-state index contributed by atoms with van der Waals surface area (Å²) in [5.41, 5.74) is 0. The lowest BCUT2D eigenvalue weighted by molar-refractivity contribution is -0.121. The SMILES string of the molecule is FC1(F)CC[C@H]2NCCO[C@H]2C1. The summed E-state index contributed by atoms with van der Waals surface area (Å²) in [5, 5.41) is 3.20. The number of halogens is 2. The first-order valence-corrected chi connectivity index (χ1v) is 4.40. The lowest BCUT2D eigenvalue weighted by Crippen LogP contribution is -2.53. The molecule has 1 heterocycles. The number of alkyl halides is 2. The van der Waals surface area contributed by atoms with E-state index in [1.165, 1.54) is 0 Å². The second-order valence-corrected chi connectivity index (χ2v) is 3.57. The van der Waals surface area contributed by atoms with Gasteiger partial charge in [-0.1, -0.05) is 0 Å². The standard InChI is InChI=1S/C8H13F2NO/c9-8(10)2-1-6-7(5-8)12-4-3-11-6/h6-7,11H,1-5H2/t6-,7+/m1/s1. The van der Waals surface area contributed by atoms with E-state index in [-0.39, 0.29) is 25.0 Å². The Bertz CT molecular complexity index is 174. The van der Waals surface area contributed by atoms with E-state index in [1.807, 2.05) is 0 Å². The third-order valence-electron chi connectivity index (χ3n) is 2.61. The highest BCUT2D eigenvalue weighted by Crippen LogP contribution is 2.35. The fraction of sp³-hybridized carbons (Fsp3) is 1.00. The molecule has 0 amide bonds. The first-order chi connectivity index (χ1) is 5.67. The van der Waals surface area contributed by atoms with Crippen LogP contribution >= 0.6 is 0 Å². The first-order valence-electron chi connectivity index (χ1n) is 4.40. The summed E-state index contributed by atoms with van der Waals surface area (Å²) in [5.74, 6) is -2.50. The van der Waals surface area contributed by atoms with Gasteiger partial charge >= 0.3 is 0 Å². The molecule has 70 valence electrons. The van der Waals surface area contributed by atoms with E-state index >= 15 is 0 Å². The van der Waals surface area contributed by atoms with Crippen LogP contribution in [0.4, 0.5) is 8.78 Å². The number of rotatable bonds is 0. The molecule has 2 fully saturated rings. The van der Waals surface area contributed by atoms with Crippen LogP contribution in [0, 0.1) is 0 Å². The first kappa shape index (κ1) is 8.38. The highest BCUT2D eigenvalue weighted by molar-refractivity contribution is 4.91. The summed E-state index contributed by atoms with van der Waals surface area (Å²) >= 11 is 0. The van der Waals surface area contributed by atoms with Crippen molar-refractivity contribution in [1.29, 1.82) is 0 Å². The average Bonchev–Trinajstić information content (AvgIpc) is 2.02. The van der Waals surface area contributed by atoms with Gasteiger partial charge in [-0.15, -0.1) is 0 Å². The largest absolute Gasteiger partial charge is 0.375 e. The maximum atomic E-state index is 12.9. The van der Waals surface area contributed by atoms with Crippen molar-refractivity contribution in [3.05, 3.63) is 0 Å². The summed E-state index contributed by atoms with van der Waals surface area (Å²) < 4.78 is 31.0. The van der Waals surface area contributed by atoms with Crippen LogP contribution in [0.15, 0.2) is 0 Å².